The Kier molecular flexibility index (Phi) is 4.65. The Morgan fingerprint density at radius 1 is 1.17 bits per heavy atom. The van der Waals surface area contributed by atoms with E-state index in [0.29, 0.717) is 0 Å². The van der Waals surface area contributed by atoms with Gasteiger partial charge in [-0.2, -0.15) is 5.10 Å². The molecule has 18 heavy (non-hydrogen) atoms. The van der Waals surface area contributed by atoms with E-state index in [0.717, 1.165) is 38.4 Å². The van der Waals surface area contributed by atoms with E-state index in [1.165, 1.54) is 0 Å². The summed E-state index contributed by atoms with van der Waals surface area (Å²) in [6.45, 7) is 17.8. The van der Waals surface area contributed by atoms with Crippen LogP contribution in [-0.2, 0) is 0 Å². The first-order valence-electron chi connectivity index (χ1n) is 7.00. The summed E-state index contributed by atoms with van der Waals surface area (Å²) in [6, 6.07) is 0. The van der Waals surface area contributed by atoms with E-state index < -0.39 is 0 Å². The fourth-order valence-electron chi connectivity index (χ4n) is 2.30. The predicted octanol–water partition coefficient (Wildman–Crippen LogP) is 2.11. The number of hydrogen-bond donors (Lipinski definition) is 1. The van der Waals surface area contributed by atoms with E-state index in [4.69, 9.17) is 5.84 Å². The van der Waals surface area contributed by atoms with Crippen LogP contribution in [0.2, 0.25) is 0 Å². The number of nitrogens with two attached hydrogens (primary N) is 1. The lowest BCUT2D eigenvalue weighted by atomic mass is 9.74. The van der Waals surface area contributed by atoms with E-state index in [-0.39, 0.29) is 11.0 Å². The van der Waals surface area contributed by atoms with Gasteiger partial charge < -0.3 is 10.7 Å². The maximum absolute atomic E-state index is 5.56. The zero-order chi connectivity index (χ0) is 14.0. The SMILES string of the molecule is CCCN1CCN(C(C)(C)C(C)(C)C)C/C1=N/N. The molecule has 0 aromatic rings. The third-order valence-electron chi connectivity index (χ3n) is 4.61. The highest BCUT2D eigenvalue weighted by Crippen LogP contribution is 2.35. The maximum atomic E-state index is 5.56. The van der Waals surface area contributed by atoms with E-state index in [1.807, 2.05) is 0 Å². The topological polar surface area (TPSA) is 44.9 Å². The van der Waals surface area contributed by atoms with Crippen molar-refractivity contribution in [2.24, 2.45) is 16.4 Å². The summed E-state index contributed by atoms with van der Waals surface area (Å²) < 4.78 is 0. The molecule has 1 fully saturated rings. The van der Waals surface area contributed by atoms with Crippen LogP contribution in [0.15, 0.2) is 5.10 Å². The summed E-state index contributed by atoms with van der Waals surface area (Å²) in [4.78, 5) is 4.82. The number of nitrogens with zero attached hydrogens (tertiary/aromatic N) is 3. The highest BCUT2D eigenvalue weighted by Gasteiger charge is 2.40. The van der Waals surface area contributed by atoms with Crippen molar-refractivity contribution in [1.29, 1.82) is 0 Å². The number of amidine groups is 1. The molecule has 2 N–H and O–H groups in total. The van der Waals surface area contributed by atoms with E-state index in [2.05, 4.69) is 56.4 Å². The van der Waals surface area contributed by atoms with Gasteiger partial charge in [-0.15, -0.1) is 0 Å². The molecule has 4 heteroatoms. The fraction of sp³-hybridized carbons (Fsp3) is 0.929. The van der Waals surface area contributed by atoms with Crippen molar-refractivity contribution in [3.05, 3.63) is 0 Å². The second-order valence-electron chi connectivity index (χ2n) is 6.76. The lowest BCUT2D eigenvalue weighted by molar-refractivity contribution is 0.0191. The van der Waals surface area contributed by atoms with Crippen LogP contribution in [0.25, 0.3) is 0 Å². The minimum absolute atomic E-state index is 0.140. The van der Waals surface area contributed by atoms with Crippen molar-refractivity contribution in [3.63, 3.8) is 0 Å². The van der Waals surface area contributed by atoms with Crippen LogP contribution in [0.3, 0.4) is 0 Å². The quantitative estimate of drug-likeness (QED) is 0.620. The average molecular weight is 254 g/mol. The lowest BCUT2D eigenvalue weighted by Crippen LogP contribution is -2.61. The second kappa shape index (κ2) is 5.47. The highest BCUT2D eigenvalue weighted by atomic mass is 15.4. The van der Waals surface area contributed by atoms with Crippen molar-refractivity contribution in [1.82, 2.24) is 9.80 Å². The standard InChI is InChI=1S/C14H30N4/c1-7-8-17-9-10-18(11-12(17)16-15)14(5,6)13(2,3)4/h7-11,15H2,1-6H3/b16-12-. The molecule has 0 aromatic carbocycles. The fourth-order valence-corrected chi connectivity index (χ4v) is 2.30. The summed E-state index contributed by atoms with van der Waals surface area (Å²) >= 11 is 0. The first-order chi connectivity index (χ1) is 8.24. The van der Waals surface area contributed by atoms with E-state index >= 15 is 0 Å². The molecule has 1 aliphatic rings. The summed E-state index contributed by atoms with van der Waals surface area (Å²) in [6.07, 6.45) is 1.14. The maximum Gasteiger partial charge on any atom is 0.138 e. The molecular weight excluding hydrogens is 224 g/mol. The van der Waals surface area contributed by atoms with Crippen LogP contribution in [-0.4, -0.2) is 47.4 Å². The average Bonchev–Trinajstić information content (AvgIpc) is 2.28. The molecule has 0 unspecified atom stereocenters. The zero-order valence-corrected chi connectivity index (χ0v) is 13.0. The van der Waals surface area contributed by atoms with Gasteiger partial charge in [0.25, 0.3) is 0 Å². The van der Waals surface area contributed by atoms with Crippen LogP contribution in [0, 0.1) is 5.41 Å². The summed E-state index contributed by atoms with van der Waals surface area (Å²) in [5.41, 5.74) is 0.376. The van der Waals surface area contributed by atoms with Crippen molar-refractivity contribution in [3.8, 4) is 0 Å². The molecule has 0 spiro atoms. The predicted molar refractivity (Wildman–Crippen MR) is 78.6 cm³/mol. The molecule has 0 bridgehead atoms. The van der Waals surface area contributed by atoms with Crippen molar-refractivity contribution in [2.45, 2.75) is 53.5 Å². The molecule has 4 nitrogen and oxygen atoms in total. The smallest absolute Gasteiger partial charge is 0.138 e. The van der Waals surface area contributed by atoms with Gasteiger partial charge in [0.15, 0.2) is 0 Å². The van der Waals surface area contributed by atoms with Crippen molar-refractivity contribution >= 4 is 5.84 Å². The molecule has 1 heterocycles. The van der Waals surface area contributed by atoms with Gasteiger partial charge in [0, 0.05) is 25.2 Å². The van der Waals surface area contributed by atoms with E-state index in [1.54, 1.807) is 0 Å². The van der Waals surface area contributed by atoms with Gasteiger partial charge in [0.05, 0.1) is 6.54 Å². The van der Waals surface area contributed by atoms with Crippen LogP contribution >= 0.6 is 0 Å². The summed E-state index contributed by atoms with van der Waals surface area (Å²) in [5, 5.41) is 3.99. The lowest BCUT2D eigenvalue weighted by Gasteiger charge is -2.51. The van der Waals surface area contributed by atoms with Crippen LogP contribution in [0.5, 0.6) is 0 Å². The molecule has 106 valence electrons. The molecular formula is C14H30N4. The Balaban J connectivity index is 2.80. The van der Waals surface area contributed by atoms with Crippen LogP contribution in [0.4, 0.5) is 0 Å². The third-order valence-corrected chi connectivity index (χ3v) is 4.61. The molecule has 0 saturated carbocycles. The summed E-state index contributed by atoms with van der Waals surface area (Å²) in [5.74, 6) is 6.59. The second-order valence-corrected chi connectivity index (χ2v) is 6.76. The molecule has 1 saturated heterocycles. The van der Waals surface area contributed by atoms with E-state index in [9.17, 15) is 0 Å². The van der Waals surface area contributed by atoms with Crippen molar-refractivity contribution in [2.75, 3.05) is 26.2 Å². The number of rotatable bonds is 3. The third kappa shape index (κ3) is 2.97. The minimum atomic E-state index is 0.140. The minimum Gasteiger partial charge on any atom is -0.356 e. The molecule has 1 rings (SSSR count). The van der Waals surface area contributed by atoms with Gasteiger partial charge in [-0.25, -0.2) is 0 Å². The monoisotopic (exact) mass is 254 g/mol. The number of piperazine rings is 1. The van der Waals surface area contributed by atoms with Gasteiger partial charge in [-0.3, -0.25) is 4.90 Å². The van der Waals surface area contributed by atoms with Gasteiger partial charge >= 0.3 is 0 Å². The molecule has 0 atom stereocenters. The largest absolute Gasteiger partial charge is 0.356 e. The Morgan fingerprint density at radius 3 is 2.22 bits per heavy atom. The van der Waals surface area contributed by atoms with Gasteiger partial charge in [-0.05, 0) is 25.7 Å². The van der Waals surface area contributed by atoms with Gasteiger partial charge in [0.2, 0.25) is 0 Å². The Labute approximate surface area is 112 Å². The molecule has 0 aliphatic carbocycles. The Morgan fingerprint density at radius 2 is 1.78 bits per heavy atom. The molecule has 0 amide bonds. The first-order valence-corrected chi connectivity index (χ1v) is 7.00. The Hall–Kier alpha value is -0.770. The van der Waals surface area contributed by atoms with Crippen LogP contribution in [0.1, 0.15) is 48.0 Å². The summed E-state index contributed by atoms with van der Waals surface area (Å²) in [7, 11) is 0. The molecule has 0 radical (unpaired) electrons. The van der Waals surface area contributed by atoms with Crippen LogP contribution < -0.4 is 5.84 Å². The first kappa shape index (κ1) is 15.3. The Bertz CT molecular complexity index is 301. The zero-order valence-electron chi connectivity index (χ0n) is 13.0. The van der Waals surface area contributed by atoms with Crippen molar-refractivity contribution < 1.29 is 0 Å². The van der Waals surface area contributed by atoms with Gasteiger partial charge in [0.1, 0.15) is 5.84 Å². The number of hydrazone groups is 1. The number of hydrogen-bond acceptors (Lipinski definition) is 3. The molecule has 1 aliphatic heterocycles. The van der Waals surface area contributed by atoms with Gasteiger partial charge in [-0.1, -0.05) is 27.7 Å². The highest BCUT2D eigenvalue weighted by molar-refractivity contribution is 5.84. The molecule has 0 aromatic heterocycles. The normalized spacial score (nSPS) is 21.7.